The predicted molar refractivity (Wildman–Crippen MR) is 121 cm³/mol. The van der Waals surface area contributed by atoms with Gasteiger partial charge in [0, 0.05) is 44.8 Å². The van der Waals surface area contributed by atoms with Crippen molar-refractivity contribution in [1.82, 2.24) is 15.5 Å². The zero-order valence-corrected chi connectivity index (χ0v) is 18.4. The third kappa shape index (κ3) is 5.85. The number of ether oxygens (including phenoxy) is 2. The smallest absolute Gasteiger partial charge is 0.315 e. The van der Waals surface area contributed by atoms with Gasteiger partial charge < -0.3 is 20.1 Å². The lowest BCUT2D eigenvalue weighted by Crippen LogP contribution is -2.49. The molecule has 172 valence electrons. The number of halogens is 1. The van der Waals surface area contributed by atoms with Crippen molar-refractivity contribution in [2.24, 2.45) is 0 Å². The van der Waals surface area contributed by atoms with Crippen molar-refractivity contribution in [1.29, 1.82) is 0 Å². The van der Waals surface area contributed by atoms with Crippen LogP contribution in [0.1, 0.15) is 30.0 Å². The molecule has 0 aromatic heterocycles. The van der Waals surface area contributed by atoms with Crippen LogP contribution >= 0.6 is 0 Å². The van der Waals surface area contributed by atoms with Gasteiger partial charge in [-0.1, -0.05) is 42.5 Å². The lowest BCUT2D eigenvalue weighted by molar-refractivity contribution is 0.0338. The van der Waals surface area contributed by atoms with Gasteiger partial charge >= 0.3 is 6.03 Å². The fourth-order valence-corrected chi connectivity index (χ4v) is 4.57. The van der Waals surface area contributed by atoms with Crippen LogP contribution < -0.4 is 10.6 Å². The monoisotopic (exact) mass is 441 g/mol. The lowest BCUT2D eigenvalue weighted by Gasteiger charge is -2.38. The van der Waals surface area contributed by atoms with Gasteiger partial charge in [-0.3, -0.25) is 4.90 Å². The Balaban J connectivity index is 1.43. The SMILES string of the molecule is O=C(NCC1(c2cccc(F)c2)CCOCC1)NC(CN1CCOCC1)c1ccccc1. The molecule has 2 heterocycles. The van der Waals surface area contributed by atoms with Crippen LogP contribution in [0.25, 0.3) is 0 Å². The zero-order valence-electron chi connectivity index (χ0n) is 18.4. The molecule has 0 bridgehead atoms. The highest BCUT2D eigenvalue weighted by atomic mass is 19.1. The van der Waals surface area contributed by atoms with E-state index < -0.39 is 0 Å². The van der Waals surface area contributed by atoms with E-state index in [0.717, 1.165) is 43.6 Å². The highest BCUT2D eigenvalue weighted by Crippen LogP contribution is 2.34. The van der Waals surface area contributed by atoms with Crippen molar-refractivity contribution in [2.75, 3.05) is 52.6 Å². The van der Waals surface area contributed by atoms with Gasteiger partial charge in [-0.05, 0) is 36.1 Å². The maximum Gasteiger partial charge on any atom is 0.315 e. The molecule has 6 nitrogen and oxygen atoms in total. The summed E-state index contributed by atoms with van der Waals surface area (Å²) in [4.78, 5) is 15.3. The number of urea groups is 1. The topological polar surface area (TPSA) is 62.8 Å². The molecule has 0 saturated carbocycles. The quantitative estimate of drug-likeness (QED) is 0.693. The van der Waals surface area contributed by atoms with Crippen LogP contribution in [0.15, 0.2) is 54.6 Å². The van der Waals surface area contributed by atoms with E-state index in [1.165, 1.54) is 6.07 Å². The molecule has 2 aromatic rings. The first-order valence-corrected chi connectivity index (χ1v) is 11.4. The highest BCUT2D eigenvalue weighted by molar-refractivity contribution is 5.74. The van der Waals surface area contributed by atoms with Crippen LogP contribution in [-0.2, 0) is 14.9 Å². The molecule has 0 aliphatic carbocycles. The Morgan fingerprint density at radius 2 is 1.72 bits per heavy atom. The summed E-state index contributed by atoms with van der Waals surface area (Å²) in [5, 5.41) is 6.24. The first-order valence-electron chi connectivity index (χ1n) is 11.4. The highest BCUT2D eigenvalue weighted by Gasteiger charge is 2.35. The van der Waals surface area contributed by atoms with Crippen LogP contribution in [0.3, 0.4) is 0 Å². The summed E-state index contributed by atoms with van der Waals surface area (Å²) in [5.74, 6) is -0.257. The summed E-state index contributed by atoms with van der Waals surface area (Å²) in [6.45, 7) is 5.50. The Kier molecular flexibility index (Phi) is 7.73. The average molecular weight is 442 g/mol. The number of carbonyl (C=O) groups excluding carboxylic acids is 1. The predicted octanol–water partition coefficient (Wildman–Crippen LogP) is 3.25. The molecule has 2 N–H and O–H groups in total. The number of rotatable bonds is 7. The summed E-state index contributed by atoms with van der Waals surface area (Å²) < 4.78 is 24.9. The largest absolute Gasteiger partial charge is 0.381 e. The molecule has 4 rings (SSSR count). The fourth-order valence-electron chi connectivity index (χ4n) is 4.57. The van der Waals surface area contributed by atoms with Crippen LogP contribution in [0, 0.1) is 5.82 Å². The fraction of sp³-hybridized carbons (Fsp3) is 0.480. The Morgan fingerprint density at radius 1 is 1.00 bits per heavy atom. The summed E-state index contributed by atoms with van der Waals surface area (Å²) in [6, 6.07) is 16.4. The first kappa shape index (κ1) is 22.7. The molecule has 1 atom stereocenters. The van der Waals surface area contributed by atoms with Crippen LogP contribution in [0.4, 0.5) is 9.18 Å². The second-order valence-corrected chi connectivity index (χ2v) is 8.61. The van der Waals surface area contributed by atoms with Gasteiger partial charge in [0.25, 0.3) is 0 Å². The summed E-state index contributed by atoms with van der Waals surface area (Å²) >= 11 is 0. The Hall–Kier alpha value is -2.48. The van der Waals surface area contributed by atoms with Crippen molar-refractivity contribution in [3.8, 4) is 0 Å². The standard InChI is InChI=1S/C25H32FN3O3/c26-22-8-4-7-21(17-22)25(9-13-31-14-10-25)19-27-24(30)28-23(20-5-2-1-3-6-20)18-29-11-15-32-16-12-29/h1-8,17,23H,9-16,18-19H2,(H2,27,28,30). The summed E-state index contributed by atoms with van der Waals surface area (Å²) in [7, 11) is 0. The first-order chi connectivity index (χ1) is 15.6. The van der Waals surface area contributed by atoms with Gasteiger partial charge in [-0.2, -0.15) is 0 Å². The van der Waals surface area contributed by atoms with Gasteiger partial charge in [0.2, 0.25) is 0 Å². The number of benzene rings is 2. The number of hydrogen-bond acceptors (Lipinski definition) is 4. The van der Waals surface area contributed by atoms with Gasteiger partial charge in [-0.25, -0.2) is 9.18 Å². The van der Waals surface area contributed by atoms with E-state index in [1.54, 1.807) is 12.1 Å². The van der Waals surface area contributed by atoms with E-state index in [1.807, 2.05) is 36.4 Å². The maximum absolute atomic E-state index is 13.9. The minimum Gasteiger partial charge on any atom is -0.381 e. The van der Waals surface area contributed by atoms with Crippen LogP contribution in [-0.4, -0.2) is 63.5 Å². The molecule has 2 aliphatic rings. The van der Waals surface area contributed by atoms with Crippen molar-refractivity contribution >= 4 is 6.03 Å². The number of hydrogen-bond donors (Lipinski definition) is 2. The summed E-state index contributed by atoms with van der Waals surface area (Å²) in [6.07, 6.45) is 1.49. The summed E-state index contributed by atoms with van der Waals surface area (Å²) in [5.41, 5.74) is 1.65. The molecule has 1 unspecified atom stereocenters. The zero-order chi connectivity index (χ0) is 22.2. The maximum atomic E-state index is 13.9. The van der Waals surface area contributed by atoms with E-state index in [-0.39, 0.29) is 23.3 Å². The average Bonchev–Trinajstić information content (AvgIpc) is 2.84. The van der Waals surface area contributed by atoms with E-state index in [4.69, 9.17) is 9.47 Å². The number of morpholine rings is 1. The molecule has 0 spiro atoms. The van der Waals surface area contributed by atoms with Crippen molar-refractivity contribution < 1.29 is 18.7 Å². The number of nitrogens with zero attached hydrogens (tertiary/aromatic N) is 1. The molecular weight excluding hydrogens is 409 g/mol. The van der Waals surface area contributed by atoms with Crippen molar-refractivity contribution in [2.45, 2.75) is 24.3 Å². The molecule has 2 aliphatic heterocycles. The van der Waals surface area contributed by atoms with Gasteiger partial charge in [0.15, 0.2) is 0 Å². The van der Waals surface area contributed by atoms with E-state index in [2.05, 4.69) is 15.5 Å². The van der Waals surface area contributed by atoms with E-state index >= 15 is 0 Å². The number of nitrogens with one attached hydrogen (secondary N) is 2. The second-order valence-electron chi connectivity index (χ2n) is 8.61. The molecule has 7 heteroatoms. The molecule has 0 radical (unpaired) electrons. The second kappa shape index (κ2) is 10.9. The van der Waals surface area contributed by atoms with Crippen LogP contribution in [0.2, 0.25) is 0 Å². The lowest BCUT2D eigenvalue weighted by atomic mass is 9.74. The normalized spacial score (nSPS) is 19.8. The van der Waals surface area contributed by atoms with Crippen molar-refractivity contribution in [3.63, 3.8) is 0 Å². The Morgan fingerprint density at radius 3 is 2.44 bits per heavy atom. The number of carbonyl (C=O) groups is 1. The molecule has 2 saturated heterocycles. The third-order valence-corrected chi connectivity index (χ3v) is 6.53. The minimum absolute atomic E-state index is 0.130. The molecule has 2 amide bonds. The minimum atomic E-state index is -0.329. The Bertz CT molecular complexity index is 868. The van der Waals surface area contributed by atoms with E-state index in [0.29, 0.717) is 33.0 Å². The van der Waals surface area contributed by atoms with E-state index in [9.17, 15) is 9.18 Å². The molecule has 32 heavy (non-hydrogen) atoms. The molecule has 2 fully saturated rings. The molecule has 2 aromatic carbocycles. The Labute approximate surface area is 189 Å². The van der Waals surface area contributed by atoms with Gasteiger partial charge in [0.1, 0.15) is 5.82 Å². The van der Waals surface area contributed by atoms with Crippen molar-refractivity contribution in [3.05, 3.63) is 71.5 Å². The molecular formula is C25H32FN3O3. The third-order valence-electron chi connectivity index (χ3n) is 6.53. The van der Waals surface area contributed by atoms with Crippen LogP contribution in [0.5, 0.6) is 0 Å². The van der Waals surface area contributed by atoms with Gasteiger partial charge in [0.05, 0.1) is 19.3 Å². The van der Waals surface area contributed by atoms with Gasteiger partial charge in [-0.15, -0.1) is 0 Å². The number of amides is 2.